The predicted octanol–water partition coefficient (Wildman–Crippen LogP) is 5.29. The average molecular weight is 407 g/mol. The van der Waals surface area contributed by atoms with Gasteiger partial charge < -0.3 is 14.6 Å². The zero-order valence-corrected chi connectivity index (χ0v) is 16.7. The smallest absolute Gasteiger partial charge is 0.145 e. The van der Waals surface area contributed by atoms with Crippen LogP contribution < -0.4 is 5.32 Å². The maximum atomic E-state index is 6.42. The summed E-state index contributed by atoms with van der Waals surface area (Å²) in [4.78, 5) is 0. The summed E-state index contributed by atoms with van der Waals surface area (Å²) in [6.07, 6.45) is 4.85. The van der Waals surface area contributed by atoms with E-state index in [1.807, 2.05) is 18.2 Å². The van der Waals surface area contributed by atoms with Gasteiger partial charge in [0.1, 0.15) is 11.5 Å². The number of hydrogen-bond donors (Lipinski definition) is 1. The monoisotopic (exact) mass is 406 g/mol. The molecular formula is C21H24Cl2N2O2. The van der Waals surface area contributed by atoms with Gasteiger partial charge in [-0.05, 0) is 68.7 Å². The molecule has 0 bridgehead atoms. The standard InChI is InChI=1S/C21H24Cl2N2O2/c22-17-2-1-3-18(23)19(17)20-16(21(27-25-20)13-4-5-13)11-26-10-12-6-14-8-24-9-15(14)7-12/h1-3,12-15,24H,4-11H2/t12-,14+,15-. The highest BCUT2D eigenvalue weighted by Crippen LogP contribution is 2.46. The number of ether oxygens (including phenoxy) is 1. The third-order valence-corrected chi connectivity index (χ3v) is 6.95. The van der Waals surface area contributed by atoms with E-state index in [1.165, 1.54) is 25.9 Å². The molecule has 1 N–H and O–H groups in total. The van der Waals surface area contributed by atoms with Crippen LogP contribution in [0.2, 0.25) is 10.0 Å². The number of halogens is 2. The van der Waals surface area contributed by atoms with Crippen molar-refractivity contribution in [3.8, 4) is 11.3 Å². The second-order valence-corrected chi connectivity index (χ2v) is 9.09. The Labute approximate surface area is 169 Å². The highest BCUT2D eigenvalue weighted by atomic mass is 35.5. The van der Waals surface area contributed by atoms with Crippen LogP contribution in [0, 0.1) is 17.8 Å². The van der Waals surface area contributed by atoms with Crippen LogP contribution in [0.1, 0.15) is 42.9 Å². The Balaban J connectivity index is 1.33. The van der Waals surface area contributed by atoms with E-state index in [-0.39, 0.29) is 0 Å². The number of nitrogens with one attached hydrogen (secondary N) is 1. The first kappa shape index (κ1) is 18.0. The number of benzene rings is 1. The maximum Gasteiger partial charge on any atom is 0.145 e. The van der Waals surface area contributed by atoms with Crippen LogP contribution in [0.3, 0.4) is 0 Å². The summed E-state index contributed by atoms with van der Waals surface area (Å²) >= 11 is 12.8. The molecule has 2 aromatic rings. The predicted molar refractivity (Wildman–Crippen MR) is 106 cm³/mol. The second-order valence-electron chi connectivity index (χ2n) is 8.28. The molecule has 1 aromatic heterocycles. The fourth-order valence-electron chi connectivity index (χ4n) is 4.80. The highest BCUT2D eigenvalue weighted by Gasteiger charge is 2.37. The van der Waals surface area contributed by atoms with Crippen molar-refractivity contribution < 1.29 is 9.26 Å². The Hall–Kier alpha value is -1.07. The van der Waals surface area contributed by atoms with Crippen molar-refractivity contribution in [1.29, 1.82) is 0 Å². The van der Waals surface area contributed by atoms with Gasteiger partial charge in [0.05, 0.1) is 16.7 Å². The molecule has 3 aliphatic rings. The Morgan fingerprint density at radius 2 is 1.81 bits per heavy atom. The fourth-order valence-corrected chi connectivity index (χ4v) is 5.38. The summed E-state index contributed by atoms with van der Waals surface area (Å²) in [7, 11) is 0. The molecule has 144 valence electrons. The topological polar surface area (TPSA) is 47.3 Å². The summed E-state index contributed by atoms with van der Waals surface area (Å²) in [6, 6.07) is 5.52. The molecule has 0 amide bonds. The maximum absolute atomic E-state index is 6.42. The quantitative estimate of drug-likeness (QED) is 0.707. The van der Waals surface area contributed by atoms with E-state index < -0.39 is 0 Å². The molecule has 0 spiro atoms. The molecule has 4 nitrogen and oxygen atoms in total. The van der Waals surface area contributed by atoms with Crippen molar-refractivity contribution in [2.45, 2.75) is 38.2 Å². The van der Waals surface area contributed by atoms with Gasteiger partial charge in [0.2, 0.25) is 0 Å². The fraction of sp³-hybridized carbons (Fsp3) is 0.571. The minimum Gasteiger partial charge on any atom is -0.376 e. The minimum absolute atomic E-state index is 0.461. The van der Waals surface area contributed by atoms with Crippen LogP contribution in [-0.2, 0) is 11.3 Å². The largest absolute Gasteiger partial charge is 0.376 e. The molecule has 0 radical (unpaired) electrons. The average Bonchev–Trinajstić information content (AvgIpc) is 3.06. The third kappa shape index (κ3) is 3.53. The summed E-state index contributed by atoms with van der Waals surface area (Å²) in [5.41, 5.74) is 2.50. The van der Waals surface area contributed by atoms with Crippen LogP contribution >= 0.6 is 23.2 Å². The molecule has 6 heteroatoms. The number of fused-ring (bicyclic) bond motifs is 1. The van der Waals surface area contributed by atoms with E-state index in [4.69, 9.17) is 32.5 Å². The summed E-state index contributed by atoms with van der Waals surface area (Å²) in [5.74, 6) is 3.76. The lowest BCUT2D eigenvalue weighted by Gasteiger charge is -2.13. The Morgan fingerprint density at radius 1 is 1.11 bits per heavy atom. The van der Waals surface area contributed by atoms with Crippen LogP contribution in [-0.4, -0.2) is 24.9 Å². The van der Waals surface area contributed by atoms with Crippen molar-refractivity contribution >= 4 is 23.2 Å². The van der Waals surface area contributed by atoms with Crippen molar-refractivity contribution in [2.75, 3.05) is 19.7 Å². The SMILES string of the molecule is Clc1cccc(Cl)c1-c1noc(C2CC2)c1COC[C@@H]1C[C@H]2CNC[C@H]2C1. The van der Waals surface area contributed by atoms with E-state index in [0.29, 0.717) is 28.5 Å². The van der Waals surface area contributed by atoms with Gasteiger partial charge in [0, 0.05) is 23.7 Å². The molecule has 2 heterocycles. The number of rotatable bonds is 6. The Kier molecular flexibility index (Phi) is 4.93. The van der Waals surface area contributed by atoms with Gasteiger partial charge >= 0.3 is 0 Å². The molecule has 5 rings (SSSR count). The van der Waals surface area contributed by atoms with E-state index in [9.17, 15) is 0 Å². The molecule has 27 heavy (non-hydrogen) atoms. The third-order valence-electron chi connectivity index (χ3n) is 6.32. The van der Waals surface area contributed by atoms with Crippen LogP contribution in [0.5, 0.6) is 0 Å². The molecule has 1 aromatic carbocycles. The summed E-state index contributed by atoms with van der Waals surface area (Å²) < 4.78 is 11.9. The van der Waals surface area contributed by atoms with E-state index >= 15 is 0 Å². The molecule has 3 atom stereocenters. The van der Waals surface area contributed by atoms with Gasteiger partial charge in [-0.25, -0.2) is 0 Å². The minimum atomic E-state index is 0.461. The highest BCUT2D eigenvalue weighted by molar-refractivity contribution is 6.39. The zero-order valence-electron chi connectivity index (χ0n) is 15.2. The van der Waals surface area contributed by atoms with Gasteiger partial charge in [-0.2, -0.15) is 0 Å². The lowest BCUT2D eigenvalue weighted by molar-refractivity contribution is 0.0856. The first-order chi connectivity index (χ1) is 13.2. The van der Waals surface area contributed by atoms with Crippen molar-refractivity contribution in [2.24, 2.45) is 17.8 Å². The van der Waals surface area contributed by atoms with Crippen LogP contribution in [0.4, 0.5) is 0 Å². The Morgan fingerprint density at radius 3 is 2.48 bits per heavy atom. The summed E-state index contributed by atoms with van der Waals surface area (Å²) in [5, 5.41) is 9.02. The first-order valence-corrected chi connectivity index (χ1v) is 10.7. The van der Waals surface area contributed by atoms with Crippen LogP contribution in [0.25, 0.3) is 11.3 Å². The van der Waals surface area contributed by atoms with Gasteiger partial charge in [0.25, 0.3) is 0 Å². The normalized spacial score (nSPS) is 27.3. The van der Waals surface area contributed by atoms with Gasteiger partial charge in [0.15, 0.2) is 0 Å². The molecule has 2 aliphatic carbocycles. The van der Waals surface area contributed by atoms with E-state index in [0.717, 1.165) is 53.9 Å². The Bertz CT molecular complexity index is 801. The van der Waals surface area contributed by atoms with E-state index in [2.05, 4.69) is 10.5 Å². The van der Waals surface area contributed by atoms with Crippen molar-refractivity contribution in [3.05, 3.63) is 39.6 Å². The van der Waals surface area contributed by atoms with Gasteiger partial charge in [-0.15, -0.1) is 0 Å². The number of aromatic nitrogens is 1. The summed E-state index contributed by atoms with van der Waals surface area (Å²) in [6.45, 7) is 3.66. The van der Waals surface area contributed by atoms with Gasteiger partial charge in [-0.3, -0.25) is 0 Å². The molecule has 1 saturated heterocycles. The molecule has 3 fully saturated rings. The molecule has 1 aliphatic heterocycles. The lowest BCUT2D eigenvalue weighted by atomic mass is 10.0. The molecule has 2 saturated carbocycles. The molecular weight excluding hydrogens is 383 g/mol. The number of hydrogen-bond acceptors (Lipinski definition) is 4. The van der Waals surface area contributed by atoms with Crippen LogP contribution in [0.15, 0.2) is 22.7 Å². The van der Waals surface area contributed by atoms with E-state index in [1.54, 1.807) is 0 Å². The second kappa shape index (κ2) is 7.40. The first-order valence-electron chi connectivity index (χ1n) is 9.92. The lowest BCUT2D eigenvalue weighted by Crippen LogP contribution is -2.14. The zero-order chi connectivity index (χ0) is 18.4. The van der Waals surface area contributed by atoms with Crippen molar-refractivity contribution in [1.82, 2.24) is 10.5 Å². The van der Waals surface area contributed by atoms with Crippen molar-refractivity contribution in [3.63, 3.8) is 0 Å². The molecule has 0 unspecified atom stereocenters. The number of nitrogens with zero attached hydrogens (tertiary/aromatic N) is 1. The van der Waals surface area contributed by atoms with Gasteiger partial charge in [-0.1, -0.05) is 34.4 Å².